The van der Waals surface area contributed by atoms with Gasteiger partial charge in [0.1, 0.15) is 12.4 Å². The topological polar surface area (TPSA) is 35.2 Å². The molecule has 1 rings (SSSR count). The normalized spacial score (nSPS) is 9.69. The largest absolute Gasteiger partial charge is 0.489 e. The van der Waals surface area contributed by atoms with Crippen molar-refractivity contribution < 1.29 is 4.74 Å². The molecule has 0 heterocycles. The second kappa shape index (κ2) is 5.04. The molecule has 0 spiro atoms. The van der Waals surface area contributed by atoms with Crippen LogP contribution in [0.4, 0.5) is 0 Å². The van der Waals surface area contributed by atoms with Gasteiger partial charge in [0.2, 0.25) is 0 Å². The number of halogens is 1. The molecule has 3 heteroatoms. The van der Waals surface area contributed by atoms with Gasteiger partial charge < -0.3 is 10.5 Å². The van der Waals surface area contributed by atoms with E-state index in [0.717, 1.165) is 15.8 Å². The predicted octanol–water partition coefficient (Wildman–Crippen LogP) is 2.34. The third kappa shape index (κ3) is 3.61. The third-order valence-electron chi connectivity index (χ3n) is 1.55. The molecular weight excluding hydrogens is 230 g/mol. The quantitative estimate of drug-likeness (QED) is 0.822. The average molecular weight is 242 g/mol. The minimum atomic E-state index is 0.469. The van der Waals surface area contributed by atoms with Gasteiger partial charge in [0, 0.05) is 11.0 Å². The molecule has 1 aromatic carbocycles. The molecule has 0 aliphatic rings. The fourth-order valence-electron chi connectivity index (χ4n) is 0.775. The molecule has 0 aliphatic carbocycles. The van der Waals surface area contributed by atoms with E-state index in [1.165, 1.54) is 0 Å². The van der Waals surface area contributed by atoms with E-state index in [2.05, 4.69) is 22.5 Å². The van der Waals surface area contributed by atoms with Crippen molar-refractivity contribution in [3.05, 3.63) is 40.9 Å². The number of ether oxygens (including phenoxy) is 1. The number of rotatable bonds is 4. The van der Waals surface area contributed by atoms with Crippen molar-refractivity contribution in [3.8, 4) is 5.75 Å². The SMILES string of the molecule is C=C(CN)COc1ccc(Br)cc1. The van der Waals surface area contributed by atoms with Crippen molar-refractivity contribution in [2.24, 2.45) is 5.73 Å². The minimum Gasteiger partial charge on any atom is -0.489 e. The molecule has 2 nitrogen and oxygen atoms in total. The van der Waals surface area contributed by atoms with Gasteiger partial charge in [-0.2, -0.15) is 0 Å². The highest BCUT2D eigenvalue weighted by Gasteiger charge is 1.94. The van der Waals surface area contributed by atoms with Crippen molar-refractivity contribution in [1.82, 2.24) is 0 Å². The fraction of sp³-hybridized carbons (Fsp3) is 0.200. The van der Waals surface area contributed by atoms with Gasteiger partial charge in [-0.1, -0.05) is 22.5 Å². The summed E-state index contributed by atoms with van der Waals surface area (Å²) in [4.78, 5) is 0. The Bertz CT molecular complexity index is 281. The first-order chi connectivity index (χ1) is 6.22. The molecule has 0 fully saturated rings. The Balaban J connectivity index is 2.46. The van der Waals surface area contributed by atoms with Crippen molar-refractivity contribution in [3.63, 3.8) is 0 Å². The van der Waals surface area contributed by atoms with Crippen LogP contribution in [0.5, 0.6) is 5.75 Å². The molecule has 2 N–H and O–H groups in total. The Morgan fingerprint density at radius 1 is 1.38 bits per heavy atom. The molecule has 0 bridgehead atoms. The van der Waals surface area contributed by atoms with E-state index in [-0.39, 0.29) is 0 Å². The number of hydrogen-bond acceptors (Lipinski definition) is 2. The van der Waals surface area contributed by atoms with Crippen LogP contribution in [0.15, 0.2) is 40.9 Å². The second-order valence-corrected chi connectivity index (χ2v) is 3.61. The predicted molar refractivity (Wildman–Crippen MR) is 57.8 cm³/mol. The summed E-state index contributed by atoms with van der Waals surface area (Å²) in [5.41, 5.74) is 6.26. The zero-order valence-corrected chi connectivity index (χ0v) is 8.88. The van der Waals surface area contributed by atoms with Crippen LogP contribution >= 0.6 is 15.9 Å². The summed E-state index contributed by atoms with van der Waals surface area (Å²) in [6.07, 6.45) is 0. The maximum Gasteiger partial charge on any atom is 0.119 e. The van der Waals surface area contributed by atoms with Gasteiger partial charge in [-0.15, -0.1) is 0 Å². The van der Waals surface area contributed by atoms with Crippen LogP contribution in [-0.2, 0) is 0 Å². The summed E-state index contributed by atoms with van der Waals surface area (Å²) in [5.74, 6) is 0.831. The molecule has 1 aromatic rings. The summed E-state index contributed by atoms with van der Waals surface area (Å²) < 4.78 is 6.45. The summed E-state index contributed by atoms with van der Waals surface area (Å²) in [6.45, 7) is 4.70. The molecule has 0 saturated carbocycles. The zero-order chi connectivity index (χ0) is 9.68. The monoisotopic (exact) mass is 241 g/mol. The van der Waals surface area contributed by atoms with Crippen molar-refractivity contribution in [2.75, 3.05) is 13.2 Å². The van der Waals surface area contributed by atoms with Crippen LogP contribution < -0.4 is 10.5 Å². The van der Waals surface area contributed by atoms with Gasteiger partial charge >= 0.3 is 0 Å². The zero-order valence-electron chi connectivity index (χ0n) is 7.29. The molecule has 0 atom stereocenters. The first-order valence-corrected chi connectivity index (χ1v) is 4.77. The summed E-state index contributed by atoms with van der Waals surface area (Å²) >= 11 is 3.35. The Kier molecular flexibility index (Phi) is 3.99. The van der Waals surface area contributed by atoms with Crippen LogP contribution in [0.2, 0.25) is 0 Å². The van der Waals surface area contributed by atoms with Crippen LogP contribution in [0.3, 0.4) is 0 Å². The van der Waals surface area contributed by atoms with Gasteiger partial charge in [-0.25, -0.2) is 0 Å². The Morgan fingerprint density at radius 2 is 2.00 bits per heavy atom. The van der Waals surface area contributed by atoms with Gasteiger partial charge in [0.25, 0.3) is 0 Å². The van der Waals surface area contributed by atoms with Crippen molar-refractivity contribution >= 4 is 15.9 Å². The van der Waals surface area contributed by atoms with E-state index in [9.17, 15) is 0 Å². The highest BCUT2D eigenvalue weighted by molar-refractivity contribution is 9.10. The third-order valence-corrected chi connectivity index (χ3v) is 2.07. The molecular formula is C10H12BrNO. The van der Waals surface area contributed by atoms with E-state index >= 15 is 0 Å². The Labute approximate surface area is 86.5 Å². The number of nitrogens with two attached hydrogens (primary N) is 1. The standard InChI is InChI=1S/C10H12BrNO/c1-8(6-12)7-13-10-4-2-9(11)3-5-10/h2-5H,1,6-7,12H2. The smallest absolute Gasteiger partial charge is 0.119 e. The van der Waals surface area contributed by atoms with Crippen LogP contribution in [0.1, 0.15) is 0 Å². The molecule has 0 saturated heterocycles. The van der Waals surface area contributed by atoms with Gasteiger partial charge in [0.05, 0.1) is 0 Å². The van der Waals surface area contributed by atoms with Crippen molar-refractivity contribution in [2.45, 2.75) is 0 Å². The van der Waals surface area contributed by atoms with E-state index < -0.39 is 0 Å². The summed E-state index contributed by atoms with van der Waals surface area (Å²) in [6, 6.07) is 7.66. The molecule has 0 unspecified atom stereocenters. The summed E-state index contributed by atoms with van der Waals surface area (Å²) in [7, 11) is 0. The van der Waals surface area contributed by atoms with Gasteiger partial charge in [-0.3, -0.25) is 0 Å². The first kappa shape index (κ1) is 10.3. The highest BCUT2D eigenvalue weighted by atomic mass is 79.9. The fourth-order valence-corrected chi connectivity index (χ4v) is 1.04. The molecule has 0 aliphatic heterocycles. The van der Waals surface area contributed by atoms with Crippen molar-refractivity contribution in [1.29, 1.82) is 0 Å². The second-order valence-electron chi connectivity index (χ2n) is 2.70. The Hall–Kier alpha value is -0.800. The molecule has 13 heavy (non-hydrogen) atoms. The lowest BCUT2D eigenvalue weighted by atomic mass is 10.3. The molecule has 70 valence electrons. The maximum absolute atomic E-state index is 5.41. The van der Waals surface area contributed by atoms with E-state index in [0.29, 0.717) is 13.2 Å². The maximum atomic E-state index is 5.41. The average Bonchev–Trinajstić information content (AvgIpc) is 2.16. The lowest BCUT2D eigenvalue weighted by molar-refractivity contribution is 0.351. The molecule has 0 radical (unpaired) electrons. The number of hydrogen-bond donors (Lipinski definition) is 1. The lowest BCUT2D eigenvalue weighted by Crippen LogP contribution is -2.09. The van der Waals surface area contributed by atoms with E-state index in [1.807, 2.05) is 24.3 Å². The Morgan fingerprint density at radius 3 is 2.54 bits per heavy atom. The van der Waals surface area contributed by atoms with Crippen LogP contribution in [-0.4, -0.2) is 13.2 Å². The first-order valence-electron chi connectivity index (χ1n) is 3.97. The van der Waals surface area contributed by atoms with E-state index in [1.54, 1.807) is 0 Å². The highest BCUT2D eigenvalue weighted by Crippen LogP contribution is 2.16. The van der Waals surface area contributed by atoms with Crippen LogP contribution in [0, 0.1) is 0 Å². The lowest BCUT2D eigenvalue weighted by Gasteiger charge is -2.06. The summed E-state index contributed by atoms with van der Waals surface area (Å²) in [5, 5.41) is 0. The molecule has 0 aromatic heterocycles. The van der Waals surface area contributed by atoms with Crippen LogP contribution in [0.25, 0.3) is 0 Å². The van der Waals surface area contributed by atoms with E-state index in [4.69, 9.17) is 10.5 Å². The molecule has 0 amide bonds. The number of benzene rings is 1. The van der Waals surface area contributed by atoms with Gasteiger partial charge in [-0.05, 0) is 29.8 Å². The van der Waals surface area contributed by atoms with Gasteiger partial charge in [0.15, 0.2) is 0 Å². The minimum absolute atomic E-state index is 0.469.